The molecule has 0 saturated heterocycles. The second-order valence-corrected chi connectivity index (χ2v) is 4.44. The summed E-state index contributed by atoms with van der Waals surface area (Å²) >= 11 is 1.08. The van der Waals surface area contributed by atoms with E-state index < -0.39 is 11.7 Å². The summed E-state index contributed by atoms with van der Waals surface area (Å²) in [7, 11) is 3.13. The summed E-state index contributed by atoms with van der Waals surface area (Å²) in [6.45, 7) is 0. The van der Waals surface area contributed by atoms with E-state index in [0.29, 0.717) is 10.9 Å². The number of nitrogens with one attached hydrogen (secondary N) is 2. The van der Waals surface area contributed by atoms with Gasteiger partial charge in [-0.3, -0.25) is 4.79 Å². The SMILES string of the molecule is CNc1nnc(C(=O)Nc2cc(OC)ccc2F)s1. The van der Waals surface area contributed by atoms with Gasteiger partial charge in [0, 0.05) is 13.1 Å². The summed E-state index contributed by atoms with van der Waals surface area (Å²) in [6.07, 6.45) is 0. The first-order valence-corrected chi connectivity index (χ1v) is 6.12. The third kappa shape index (κ3) is 2.97. The van der Waals surface area contributed by atoms with Gasteiger partial charge >= 0.3 is 0 Å². The standard InChI is InChI=1S/C11H11FN4O2S/c1-13-11-16-15-10(19-11)9(17)14-8-5-6(18-2)3-4-7(8)12/h3-5H,1-2H3,(H,13,16)(H,14,17). The van der Waals surface area contributed by atoms with E-state index in [4.69, 9.17) is 4.74 Å². The van der Waals surface area contributed by atoms with Crippen LogP contribution in [0.15, 0.2) is 18.2 Å². The molecule has 6 nitrogen and oxygen atoms in total. The summed E-state index contributed by atoms with van der Waals surface area (Å²) in [5, 5.41) is 13.3. The maximum absolute atomic E-state index is 13.5. The number of benzene rings is 1. The van der Waals surface area contributed by atoms with E-state index in [-0.39, 0.29) is 10.7 Å². The summed E-state index contributed by atoms with van der Waals surface area (Å²) < 4.78 is 18.5. The molecule has 0 bridgehead atoms. The molecule has 1 aromatic heterocycles. The van der Waals surface area contributed by atoms with Gasteiger partial charge in [0.05, 0.1) is 12.8 Å². The number of aromatic nitrogens is 2. The summed E-state index contributed by atoms with van der Waals surface area (Å²) in [5.41, 5.74) is 0.0329. The van der Waals surface area contributed by atoms with Crippen LogP contribution >= 0.6 is 11.3 Å². The fraction of sp³-hybridized carbons (Fsp3) is 0.182. The molecule has 1 amide bonds. The molecular formula is C11H11FN4O2S. The van der Waals surface area contributed by atoms with Crippen molar-refractivity contribution in [2.45, 2.75) is 0 Å². The highest BCUT2D eigenvalue weighted by molar-refractivity contribution is 7.17. The molecule has 0 radical (unpaired) electrons. The molecule has 0 unspecified atom stereocenters. The molecule has 8 heteroatoms. The number of carbonyl (C=O) groups is 1. The maximum atomic E-state index is 13.5. The summed E-state index contributed by atoms with van der Waals surface area (Å²) in [4.78, 5) is 11.9. The number of anilines is 2. The van der Waals surface area contributed by atoms with E-state index >= 15 is 0 Å². The third-order valence-electron chi connectivity index (χ3n) is 2.25. The molecule has 2 aromatic rings. The molecule has 0 spiro atoms. The van der Waals surface area contributed by atoms with Crippen molar-refractivity contribution in [1.82, 2.24) is 10.2 Å². The van der Waals surface area contributed by atoms with Gasteiger partial charge in [-0.1, -0.05) is 11.3 Å². The first-order chi connectivity index (χ1) is 9.13. The van der Waals surface area contributed by atoms with Crippen molar-refractivity contribution in [3.05, 3.63) is 29.0 Å². The molecule has 19 heavy (non-hydrogen) atoms. The highest BCUT2D eigenvalue weighted by Gasteiger charge is 2.14. The van der Waals surface area contributed by atoms with E-state index in [2.05, 4.69) is 20.8 Å². The molecule has 100 valence electrons. The smallest absolute Gasteiger partial charge is 0.286 e. The Kier molecular flexibility index (Phi) is 3.91. The third-order valence-corrected chi connectivity index (χ3v) is 3.19. The fourth-order valence-corrected chi connectivity index (χ4v) is 1.91. The van der Waals surface area contributed by atoms with Crippen LogP contribution in [0.3, 0.4) is 0 Å². The lowest BCUT2D eigenvalue weighted by atomic mass is 10.3. The topological polar surface area (TPSA) is 76.1 Å². The molecule has 0 aliphatic carbocycles. The van der Waals surface area contributed by atoms with Gasteiger partial charge in [-0.25, -0.2) is 4.39 Å². The molecule has 0 aliphatic rings. The molecule has 2 rings (SSSR count). The van der Waals surface area contributed by atoms with E-state index in [9.17, 15) is 9.18 Å². The number of hydrogen-bond donors (Lipinski definition) is 2. The Morgan fingerprint density at radius 1 is 1.42 bits per heavy atom. The largest absolute Gasteiger partial charge is 0.497 e. The van der Waals surface area contributed by atoms with Crippen molar-refractivity contribution in [2.75, 3.05) is 24.8 Å². The minimum atomic E-state index is -0.549. The molecular weight excluding hydrogens is 271 g/mol. The minimum Gasteiger partial charge on any atom is -0.497 e. The molecule has 1 aromatic carbocycles. The number of ether oxygens (including phenoxy) is 1. The van der Waals surface area contributed by atoms with Gasteiger partial charge in [0.1, 0.15) is 11.6 Å². The lowest BCUT2D eigenvalue weighted by Crippen LogP contribution is -2.12. The first-order valence-electron chi connectivity index (χ1n) is 5.30. The monoisotopic (exact) mass is 282 g/mol. The van der Waals surface area contributed by atoms with Crippen LogP contribution in [0.1, 0.15) is 9.80 Å². The lowest BCUT2D eigenvalue weighted by Gasteiger charge is -2.06. The summed E-state index contributed by atoms with van der Waals surface area (Å²) in [5.74, 6) is -0.622. The van der Waals surface area contributed by atoms with Gasteiger partial charge in [-0.15, -0.1) is 10.2 Å². The van der Waals surface area contributed by atoms with Crippen molar-refractivity contribution in [1.29, 1.82) is 0 Å². The predicted octanol–water partition coefficient (Wildman–Crippen LogP) is 1.98. The number of amides is 1. The van der Waals surface area contributed by atoms with E-state index in [1.807, 2.05) is 0 Å². The average Bonchev–Trinajstić information content (AvgIpc) is 2.90. The highest BCUT2D eigenvalue weighted by Crippen LogP contribution is 2.22. The number of carbonyl (C=O) groups excluding carboxylic acids is 1. The molecule has 0 saturated carbocycles. The zero-order chi connectivity index (χ0) is 13.8. The Balaban J connectivity index is 2.18. The van der Waals surface area contributed by atoms with E-state index in [1.54, 1.807) is 7.05 Å². The van der Waals surface area contributed by atoms with Crippen molar-refractivity contribution >= 4 is 28.1 Å². The Hall–Kier alpha value is -2.22. The molecule has 2 N–H and O–H groups in total. The maximum Gasteiger partial charge on any atom is 0.286 e. The lowest BCUT2D eigenvalue weighted by molar-refractivity contribution is 0.102. The van der Waals surface area contributed by atoms with Gasteiger partial charge in [0.25, 0.3) is 5.91 Å². The number of methoxy groups -OCH3 is 1. The zero-order valence-corrected chi connectivity index (χ0v) is 11.0. The Morgan fingerprint density at radius 3 is 2.84 bits per heavy atom. The molecule has 1 heterocycles. The van der Waals surface area contributed by atoms with E-state index in [1.165, 1.54) is 25.3 Å². The van der Waals surface area contributed by atoms with Gasteiger partial charge in [0.15, 0.2) is 0 Å². The minimum absolute atomic E-state index is 0.0329. The van der Waals surface area contributed by atoms with Crippen LogP contribution in [0.4, 0.5) is 15.2 Å². The Morgan fingerprint density at radius 2 is 2.21 bits per heavy atom. The van der Waals surface area contributed by atoms with Crippen molar-refractivity contribution in [3.63, 3.8) is 0 Å². The number of rotatable bonds is 4. The van der Waals surface area contributed by atoms with Crippen LogP contribution in [0.5, 0.6) is 5.75 Å². The molecule has 0 aliphatic heterocycles. The van der Waals surface area contributed by atoms with Crippen molar-refractivity contribution < 1.29 is 13.9 Å². The highest BCUT2D eigenvalue weighted by atomic mass is 32.1. The predicted molar refractivity (Wildman–Crippen MR) is 70.4 cm³/mol. The average molecular weight is 282 g/mol. The van der Waals surface area contributed by atoms with Crippen molar-refractivity contribution in [3.8, 4) is 5.75 Å². The Labute approximate surface area is 112 Å². The van der Waals surface area contributed by atoms with Crippen LogP contribution in [-0.4, -0.2) is 30.3 Å². The zero-order valence-electron chi connectivity index (χ0n) is 10.2. The second kappa shape index (κ2) is 5.61. The Bertz CT molecular complexity index is 602. The van der Waals surface area contributed by atoms with Crippen LogP contribution in [-0.2, 0) is 0 Å². The van der Waals surface area contributed by atoms with Crippen LogP contribution in [0.25, 0.3) is 0 Å². The van der Waals surface area contributed by atoms with Gasteiger partial charge in [-0.2, -0.15) is 0 Å². The molecule has 0 atom stereocenters. The fourth-order valence-electron chi connectivity index (χ4n) is 1.32. The van der Waals surface area contributed by atoms with Crippen LogP contribution in [0.2, 0.25) is 0 Å². The second-order valence-electron chi connectivity index (χ2n) is 3.46. The van der Waals surface area contributed by atoms with Crippen molar-refractivity contribution in [2.24, 2.45) is 0 Å². The normalized spacial score (nSPS) is 10.1. The van der Waals surface area contributed by atoms with Crippen LogP contribution < -0.4 is 15.4 Å². The van der Waals surface area contributed by atoms with Gasteiger partial charge in [-0.05, 0) is 12.1 Å². The quantitative estimate of drug-likeness (QED) is 0.896. The van der Waals surface area contributed by atoms with E-state index in [0.717, 1.165) is 11.3 Å². The number of hydrogen-bond acceptors (Lipinski definition) is 6. The summed E-state index contributed by atoms with van der Waals surface area (Å²) in [6, 6.07) is 4.08. The molecule has 0 fully saturated rings. The number of nitrogens with zero attached hydrogens (tertiary/aromatic N) is 2. The van der Waals surface area contributed by atoms with Crippen LogP contribution in [0, 0.1) is 5.82 Å². The number of halogens is 1. The van der Waals surface area contributed by atoms with Gasteiger partial charge < -0.3 is 15.4 Å². The first kappa shape index (κ1) is 13.2. The van der Waals surface area contributed by atoms with Gasteiger partial charge in [0.2, 0.25) is 10.1 Å².